The minimum absolute atomic E-state index is 0.113. The average molecular weight is 370 g/mol. The lowest BCUT2D eigenvalue weighted by atomic mass is 9.45. The normalized spacial score (nSPS) is 47.5. The van der Waals surface area contributed by atoms with Crippen LogP contribution in [0.4, 0.5) is 0 Å². The first kappa shape index (κ1) is 17.2. The van der Waals surface area contributed by atoms with Crippen molar-refractivity contribution in [3.05, 3.63) is 34.3 Å². The Morgan fingerprint density at radius 3 is 2.73 bits per heavy atom. The van der Waals surface area contributed by atoms with Crippen LogP contribution < -0.4 is 0 Å². The molecule has 0 radical (unpaired) electrons. The van der Waals surface area contributed by atoms with Gasteiger partial charge in [-0.3, -0.25) is 4.98 Å². The van der Waals surface area contributed by atoms with Crippen LogP contribution in [0.1, 0.15) is 64.2 Å². The average Bonchev–Trinajstić information content (AvgIpc) is 3.23. The zero-order chi connectivity index (χ0) is 18.1. The Morgan fingerprint density at radius 1 is 1.15 bits per heavy atom. The number of thiazole rings is 1. The van der Waals surface area contributed by atoms with Crippen LogP contribution in [0.5, 0.6) is 0 Å². The molecule has 0 bridgehead atoms. The van der Waals surface area contributed by atoms with Crippen molar-refractivity contribution in [1.82, 2.24) is 4.98 Å². The SMILES string of the molecule is C[C@@H]1C=C2C[C@@H](O)CC[C@]2(C)[C@H]2CC[C@]3(C)C(c4cncs4)=CC[C@H]3[C@H]12. The van der Waals surface area contributed by atoms with E-state index in [1.165, 1.54) is 30.6 Å². The standard InChI is InChI=1S/C23H31NOS/c1-14-10-15-11-16(25)6-8-22(15,2)19-7-9-23(3)17(20-12-24-13-26-20)4-5-18(23)21(14)19/h4,10,12-14,16,18-19,21,25H,5-9,11H2,1-3H3/t14-,16+,18+,19+,21+,22+,23-/m1/s1. The van der Waals surface area contributed by atoms with Gasteiger partial charge in [-0.05, 0) is 78.6 Å². The maximum atomic E-state index is 10.2. The zero-order valence-corrected chi connectivity index (χ0v) is 17.1. The van der Waals surface area contributed by atoms with Gasteiger partial charge in [0.15, 0.2) is 0 Å². The second kappa shape index (κ2) is 5.78. The summed E-state index contributed by atoms with van der Waals surface area (Å²) in [4.78, 5) is 5.74. The van der Waals surface area contributed by atoms with E-state index < -0.39 is 0 Å². The number of aliphatic hydroxyl groups is 1. The Kier molecular flexibility index (Phi) is 3.82. The van der Waals surface area contributed by atoms with Crippen molar-refractivity contribution in [3.63, 3.8) is 0 Å². The molecule has 5 rings (SSSR count). The summed E-state index contributed by atoms with van der Waals surface area (Å²) in [5, 5.41) is 10.2. The van der Waals surface area contributed by atoms with Gasteiger partial charge in [-0.25, -0.2) is 0 Å². The first-order chi connectivity index (χ1) is 12.4. The molecule has 0 unspecified atom stereocenters. The third-order valence-electron chi connectivity index (χ3n) is 8.69. The molecule has 4 aliphatic rings. The van der Waals surface area contributed by atoms with Crippen LogP contribution in [0.3, 0.4) is 0 Å². The third kappa shape index (κ3) is 2.22. The first-order valence-corrected chi connectivity index (χ1v) is 11.3. The number of fused-ring (bicyclic) bond motifs is 5. The minimum Gasteiger partial charge on any atom is -0.393 e. The molecule has 1 aromatic rings. The molecular weight excluding hydrogens is 338 g/mol. The molecule has 1 heterocycles. The maximum Gasteiger partial charge on any atom is 0.0797 e. The Labute approximate surface area is 161 Å². The van der Waals surface area contributed by atoms with E-state index in [0.717, 1.165) is 30.6 Å². The summed E-state index contributed by atoms with van der Waals surface area (Å²) in [5.74, 6) is 2.96. The van der Waals surface area contributed by atoms with Crippen LogP contribution in [0.25, 0.3) is 5.57 Å². The van der Waals surface area contributed by atoms with Crippen molar-refractivity contribution in [2.75, 3.05) is 0 Å². The molecule has 3 heteroatoms. The Bertz CT molecular complexity index is 765. The van der Waals surface area contributed by atoms with Gasteiger partial charge in [-0.2, -0.15) is 0 Å². The van der Waals surface area contributed by atoms with Crippen molar-refractivity contribution in [3.8, 4) is 0 Å². The minimum atomic E-state index is -0.113. The van der Waals surface area contributed by atoms with Gasteiger partial charge in [0, 0.05) is 6.20 Å². The third-order valence-corrected chi connectivity index (χ3v) is 9.49. The van der Waals surface area contributed by atoms with E-state index in [0.29, 0.717) is 16.7 Å². The summed E-state index contributed by atoms with van der Waals surface area (Å²) in [7, 11) is 0. The highest BCUT2D eigenvalue weighted by atomic mass is 32.1. The molecule has 7 atom stereocenters. The topological polar surface area (TPSA) is 33.1 Å². The second-order valence-corrected chi connectivity index (χ2v) is 10.7. The lowest BCUT2D eigenvalue weighted by Crippen LogP contribution is -2.52. The highest BCUT2D eigenvalue weighted by molar-refractivity contribution is 7.10. The number of allylic oxidation sites excluding steroid dienone is 3. The molecule has 0 aliphatic heterocycles. The molecule has 0 spiro atoms. The van der Waals surface area contributed by atoms with E-state index in [1.807, 2.05) is 5.51 Å². The molecule has 140 valence electrons. The van der Waals surface area contributed by atoms with Gasteiger partial charge >= 0.3 is 0 Å². The van der Waals surface area contributed by atoms with Crippen LogP contribution in [0.15, 0.2) is 29.4 Å². The largest absolute Gasteiger partial charge is 0.393 e. The molecule has 2 saturated carbocycles. The Hall–Kier alpha value is -0.930. The van der Waals surface area contributed by atoms with Crippen molar-refractivity contribution in [2.24, 2.45) is 34.5 Å². The Morgan fingerprint density at radius 2 is 1.96 bits per heavy atom. The summed E-state index contributed by atoms with van der Waals surface area (Å²) in [6.45, 7) is 7.50. The number of hydrogen-bond donors (Lipinski definition) is 1. The lowest BCUT2D eigenvalue weighted by Gasteiger charge is -2.59. The van der Waals surface area contributed by atoms with Crippen LogP contribution in [-0.4, -0.2) is 16.2 Å². The van der Waals surface area contributed by atoms with Crippen molar-refractivity contribution < 1.29 is 5.11 Å². The molecule has 0 saturated heterocycles. The van der Waals surface area contributed by atoms with Crippen LogP contribution >= 0.6 is 11.3 Å². The highest BCUT2D eigenvalue weighted by Crippen LogP contribution is 2.67. The predicted molar refractivity (Wildman–Crippen MR) is 108 cm³/mol. The van der Waals surface area contributed by atoms with Crippen molar-refractivity contribution in [2.45, 2.75) is 65.4 Å². The number of aromatic nitrogens is 1. The molecule has 2 fully saturated rings. The van der Waals surface area contributed by atoms with Crippen LogP contribution in [-0.2, 0) is 0 Å². The van der Waals surface area contributed by atoms with Gasteiger partial charge in [0.25, 0.3) is 0 Å². The van der Waals surface area contributed by atoms with Gasteiger partial charge in [-0.15, -0.1) is 11.3 Å². The zero-order valence-electron chi connectivity index (χ0n) is 16.2. The fraction of sp³-hybridized carbons (Fsp3) is 0.696. The molecule has 1 aromatic heterocycles. The van der Waals surface area contributed by atoms with Gasteiger partial charge in [-0.1, -0.05) is 38.5 Å². The molecular formula is C23H31NOS. The van der Waals surface area contributed by atoms with E-state index in [4.69, 9.17) is 0 Å². The monoisotopic (exact) mass is 369 g/mol. The molecule has 2 nitrogen and oxygen atoms in total. The second-order valence-electron chi connectivity index (χ2n) is 9.83. The fourth-order valence-electron chi connectivity index (χ4n) is 7.30. The van der Waals surface area contributed by atoms with Crippen molar-refractivity contribution >= 4 is 16.9 Å². The number of hydrogen-bond acceptors (Lipinski definition) is 3. The predicted octanol–water partition coefficient (Wildman–Crippen LogP) is 5.71. The summed E-state index contributed by atoms with van der Waals surface area (Å²) in [5.41, 5.74) is 5.77. The molecule has 4 aliphatic carbocycles. The summed E-state index contributed by atoms with van der Waals surface area (Å²) in [6.07, 6.45) is 14.0. The van der Waals surface area contributed by atoms with E-state index in [9.17, 15) is 5.11 Å². The fourth-order valence-corrected chi connectivity index (χ4v) is 8.10. The van der Waals surface area contributed by atoms with Gasteiger partial charge in [0.05, 0.1) is 16.5 Å². The van der Waals surface area contributed by atoms with Gasteiger partial charge in [0.1, 0.15) is 0 Å². The quantitative estimate of drug-likeness (QED) is 0.644. The van der Waals surface area contributed by atoms with Crippen LogP contribution in [0.2, 0.25) is 0 Å². The smallest absolute Gasteiger partial charge is 0.0797 e. The first-order valence-electron chi connectivity index (χ1n) is 10.4. The summed E-state index contributed by atoms with van der Waals surface area (Å²) >= 11 is 1.80. The lowest BCUT2D eigenvalue weighted by molar-refractivity contribution is -0.0425. The van der Waals surface area contributed by atoms with Gasteiger partial charge in [0.2, 0.25) is 0 Å². The van der Waals surface area contributed by atoms with E-state index in [1.54, 1.807) is 22.5 Å². The Balaban J connectivity index is 1.52. The molecule has 1 N–H and O–H groups in total. The van der Waals surface area contributed by atoms with E-state index in [-0.39, 0.29) is 6.10 Å². The molecule has 0 amide bonds. The number of aliphatic hydroxyl groups excluding tert-OH is 1. The molecule has 0 aromatic carbocycles. The maximum absolute atomic E-state index is 10.2. The van der Waals surface area contributed by atoms with Crippen LogP contribution in [0, 0.1) is 34.5 Å². The summed E-state index contributed by atoms with van der Waals surface area (Å²) in [6, 6.07) is 0. The number of rotatable bonds is 1. The molecule has 26 heavy (non-hydrogen) atoms. The highest BCUT2D eigenvalue weighted by Gasteiger charge is 2.58. The van der Waals surface area contributed by atoms with Crippen molar-refractivity contribution in [1.29, 1.82) is 0 Å². The van der Waals surface area contributed by atoms with E-state index >= 15 is 0 Å². The summed E-state index contributed by atoms with van der Waals surface area (Å²) < 4.78 is 0. The van der Waals surface area contributed by atoms with Gasteiger partial charge < -0.3 is 5.11 Å². The number of nitrogens with zero attached hydrogens (tertiary/aromatic N) is 1. The van der Waals surface area contributed by atoms with E-state index in [2.05, 4.69) is 44.1 Å².